The van der Waals surface area contributed by atoms with Gasteiger partial charge in [-0.3, -0.25) is 10.8 Å². The summed E-state index contributed by atoms with van der Waals surface area (Å²) >= 11 is 0. The molecule has 0 aromatic heterocycles. The van der Waals surface area contributed by atoms with E-state index in [1.165, 1.54) is 13.0 Å². The average Bonchev–Trinajstić information content (AvgIpc) is 2.25. The number of guanidine groups is 1. The molecule has 0 bridgehead atoms. The van der Waals surface area contributed by atoms with Crippen LogP contribution < -0.4 is 10.6 Å². The third-order valence-corrected chi connectivity index (χ3v) is 1.59. The molecule has 0 saturated carbocycles. The minimum absolute atomic E-state index is 0.0385. The largest absolute Gasteiger partial charge is 0.356 e. The Kier molecular flexibility index (Phi) is 2.88. The highest BCUT2D eigenvalue weighted by atomic mass is 15.1. The molecule has 0 spiro atoms. The van der Waals surface area contributed by atoms with Crippen molar-refractivity contribution in [3.8, 4) is 0 Å². The molecule has 0 radical (unpaired) electrons. The monoisotopic (exact) mass is 207 g/mol. The van der Waals surface area contributed by atoms with Gasteiger partial charge in [0.15, 0.2) is 5.96 Å². The highest BCUT2D eigenvalue weighted by molar-refractivity contribution is 5.95. The van der Waals surface area contributed by atoms with E-state index in [-0.39, 0.29) is 30.4 Å². The summed E-state index contributed by atoms with van der Waals surface area (Å²) in [6.45, 7) is 1.69. The van der Waals surface area contributed by atoms with Crippen molar-refractivity contribution in [2.75, 3.05) is 6.54 Å². The van der Waals surface area contributed by atoms with Crippen LogP contribution in [-0.4, -0.2) is 18.3 Å². The molecule has 1 unspecified atom stereocenters. The van der Waals surface area contributed by atoms with Gasteiger partial charge in [0.1, 0.15) is 0 Å². The molecule has 4 nitrogen and oxygen atoms in total. The van der Waals surface area contributed by atoms with E-state index in [0.29, 0.717) is 5.56 Å². The van der Waals surface area contributed by atoms with E-state index in [9.17, 15) is 0 Å². The van der Waals surface area contributed by atoms with Crippen LogP contribution >= 0.6 is 0 Å². The molecular weight excluding hydrogens is 188 g/mol. The van der Waals surface area contributed by atoms with E-state index in [0.717, 1.165) is 0 Å². The summed E-state index contributed by atoms with van der Waals surface area (Å²) in [5, 5.41) is 19.7. The molecule has 0 aliphatic carbocycles. The van der Waals surface area contributed by atoms with Crippen molar-refractivity contribution >= 4 is 11.8 Å². The topological polar surface area (TPSA) is 71.8 Å². The number of rotatable bonds is 3. The fourth-order valence-electron chi connectivity index (χ4n) is 0.981. The second kappa shape index (κ2) is 5.80. The van der Waals surface area contributed by atoms with Crippen molar-refractivity contribution in [3.63, 3.8) is 0 Å². The molecule has 80 valence electrons. The van der Waals surface area contributed by atoms with Gasteiger partial charge in [0.25, 0.3) is 0 Å². The normalized spacial score (nSPS) is 14.3. The molecule has 4 N–H and O–H groups in total. The predicted octanol–water partition coefficient (Wildman–Crippen LogP) is 1.34. The molecule has 15 heavy (non-hydrogen) atoms. The fraction of sp³-hybridized carbons (Fsp3) is 0.273. The molecule has 0 fully saturated rings. The Morgan fingerprint density at radius 1 is 1.53 bits per heavy atom. The molecule has 1 aromatic carbocycles. The molecule has 4 heteroatoms. The van der Waals surface area contributed by atoms with Gasteiger partial charge in [-0.25, -0.2) is 0 Å². The first-order valence-electron chi connectivity index (χ1n) is 6.12. The lowest BCUT2D eigenvalue weighted by molar-refractivity contribution is 0.842. The predicted molar refractivity (Wildman–Crippen MR) is 62.4 cm³/mol. The standard InChI is InChI=1S/C11H16N4/c1-9(12)15-11(13)14-8-7-10-5-3-2-4-6-10/h2-6H,7-8H2,1H3,(H4,12,13,14,15)/i2D,5D,7D. The van der Waals surface area contributed by atoms with Crippen molar-refractivity contribution < 1.29 is 4.11 Å². The van der Waals surface area contributed by atoms with E-state index in [1.807, 2.05) is 0 Å². The van der Waals surface area contributed by atoms with Crippen LogP contribution in [0, 0.1) is 10.8 Å². The summed E-state index contributed by atoms with van der Waals surface area (Å²) in [5.74, 6) is 0.108. The lowest BCUT2D eigenvalue weighted by Gasteiger charge is -2.08. The van der Waals surface area contributed by atoms with E-state index < -0.39 is 6.40 Å². The second-order valence-electron chi connectivity index (χ2n) is 2.95. The summed E-state index contributed by atoms with van der Waals surface area (Å²) in [6, 6.07) is 4.93. The van der Waals surface area contributed by atoms with Gasteiger partial charge in [0, 0.05) is 7.92 Å². The number of hydrogen-bond donors (Lipinski definition) is 4. The quantitative estimate of drug-likeness (QED) is 0.446. The van der Waals surface area contributed by atoms with Crippen molar-refractivity contribution in [1.29, 1.82) is 10.8 Å². The van der Waals surface area contributed by atoms with E-state index in [4.69, 9.17) is 14.9 Å². The molecular formula is C11H16N4. The molecule has 0 aliphatic rings. The summed E-state index contributed by atoms with van der Waals surface area (Å²) in [5.41, 5.74) is 0.512. The van der Waals surface area contributed by atoms with Crippen LogP contribution in [0.25, 0.3) is 0 Å². The molecule has 1 rings (SSSR count). The Labute approximate surface area is 93.9 Å². The molecule has 1 aromatic rings. The molecule has 0 aliphatic heterocycles. The smallest absolute Gasteiger partial charge is 0.193 e. The van der Waals surface area contributed by atoms with Crippen molar-refractivity contribution in [2.45, 2.75) is 13.3 Å². The first-order chi connectivity index (χ1) is 8.40. The van der Waals surface area contributed by atoms with Crippen LogP contribution in [0.5, 0.6) is 0 Å². The zero-order valence-corrected chi connectivity index (χ0v) is 8.52. The van der Waals surface area contributed by atoms with Crippen molar-refractivity contribution in [2.24, 2.45) is 0 Å². The zero-order chi connectivity index (χ0) is 13.7. The number of nitrogens with one attached hydrogen (secondary N) is 4. The minimum Gasteiger partial charge on any atom is -0.356 e. The Hall–Kier alpha value is -1.84. The van der Waals surface area contributed by atoms with Crippen LogP contribution in [0.3, 0.4) is 0 Å². The van der Waals surface area contributed by atoms with Crippen LogP contribution in [0.1, 0.15) is 16.6 Å². The van der Waals surface area contributed by atoms with Crippen LogP contribution in [-0.2, 0) is 6.40 Å². The second-order valence-corrected chi connectivity index (χ2v) is 2.95. The first-order valence-corrected chi connectivity index (χ1v) is 4.54. The number of amidine groups is 1. The first kappa shape index (κ1) is 7.45. The van der Waals surface area contributed by atoms with Crippen molar-refractivity contribution in [3.05, 3.63) is 35.8 Å². The highest BCUT2D eigenvalue weighted by Gasteiger charge is 1.95. The Morgan fingerprint density at radius 2 is 2.33 bits per heavy atom. The van der Waals surface area contributed by atoms with Gasteiger partial charge in [-0.05, 0) is 18.9 Å². The van der Waals surface area contributed by atoms with E-state index in [1.54, 1.807) is 12.1 Å². The Balaban J connectivity index is 2.57. The summed E-state index contributed by atoms with van der Waals surface area (Å²) in [7, 11) is 0. The van der Waals surface area contributed by atoms with Crippen LogP contribution in [0.2, 0.25) is 0 Å². The maximum atomic E-state index is 7.88. The average molecular weight is 207 g/mol. The Bertz CT molecular complexity index is 462. The summed E-state index contributed by atoms with van der Waals surface area (Å²) in [4.78, 5) is 0. The summed E-state index contributed by atoms with van der Waals surface area (Å²) in [6.07, 6.45) is -0.689. The maximum Gasteiger partial charge on any atom is 0.193 e. The Morgan fingerprint density at radius 3 is 3.00 bits per heavy atom. The molecule has 0 amide bonds. The lowest BCUT2D eigenvalue weighted by Crippen LogP contribution is -2.39. The third kappa shape index (κ3) is 4.81. The maximum absolute atomic E-state index is 7.88. The van der Waals surface area contributed by atoms with Gasteiger partial charge in [0.05, 0.1) is 8.58 Å². The van der Waals surface area contributed by atoms with Crippen molar-refractivity contribution in [1.82, 2.24) is 10.6 Å². The lowest BCUT2D eigenvalue weighted by atomic mass is 10.1. The van der Waals surface area contributed by atoms with E-state index >= 15 is 0 Å². The van der Waals surface area contributed by atoms with Gasteiger partial charge >= 0.3 is 0 Å². The fourth-order valence-corrected chi connectivity index (χ4v) is 0.981. The summed E-state index contributed by atoms with van der Waals surface area (Å²) < 4.78 is 22.9. The molecule has 0 saturated heterocycles. The van der Waals surface area contributed by atoms with Gasteiger partial charge in [-0.1, -0.05) is 30.3 Å². The van der Waals surface area contributed by atoms with E-state index in [2.05, 4.69) is 10.6 Å². The van der Waals surface area contributed by atoms with Gasteiger partial charge in [-0.2, -0.15) is 0 Å². The minimum atomic E-state index is -0.689. The van der Waals surface area contributed by atoms with Crippen LogP contribution in [0.4, 0.5) is 0 Å². The zero-order valence-electron chi connectivity index (χ0n) is 11.5. The molecule has 1 atom stereocenters. The van der Waals surface area contributed by atoms with Gasteiger partial charge in [0.2, 0.25) is 0 Å². The highest BCUT2D eigenvalue weighted by Crippen LogP contribution is 1.97. The third-order valence-electron chi connectivity index (χ3n) is 1.59. The SMILES string of the molecule is [2H]c1ccc(C([2H])CNC(=N)NC(C)=N)c([2H])c1. The van der Waals surface area contributed by atoms with Gasteiger partial charge < -0.3 is 10.6 Å². The van der Waals surface area contributed by atoms with Crippen LogP contribution in [0.15, 0.2) is 30.3 Å². The molecule has 0 heterocycles. The number of benzene rings is 1. The number of hydrogen-bond acceptors (Lipinski definition) is 2. The van der Waals surface area contributed by atoms with Gasteiger partial charge in [-0.15, -0.1) is 0 Å².